The van der Waals surface area contributed by atoms with Gasteiger partial charge in [0.2, 0.25) is 5.91 Å². The molecule has 4 heteroatoms. The van der Waals surface area contributed by atoms with Crippen LogP contribution in [0.5, 0.6) is 5.75 Å². The van der Waals surface area contributed by atoms with Crippen LogP contribution in [0.25, 0.3) is 0 Å². The zero-order valence-corrected chi connectivity index (χ0v) is 14.0. The molecule has 2 aromatic carbocycles. The van der Waals surface area contributed by atoms with E-state index in [1.165, 1.54) is 5.56 Å². The van der Waals surface area contributed by atoms with Crippen molar-refractivity contribution < 1.29 is 9.53 Å². The van der Waals surface area contributed by atoms with Crippen LogP contribution in [0, 0.1) is 0 Å². The molecule has 126 valence electrons. The standard InChI is InChI=1S/C20H24N2O2/c1-21-20(23)18(13-15-7-3-2-4-8-15)22-14-16-11-12-24-19-10-6-5-9-17(16)19/h2-10,16,18,22H,11-14H2,1H3,(H,21,23)/t16-,18-/m0/s1. The van der Waals surface area contributed by atoms with Crippen LogP contribution in [0.1, 0.15) is 23.5 Å². The quantitative estimate of drug-likeness (QED) is 0.858. The summed E-state index contributed by atoms with van der Waals surface area (Å²) < 4.78 is 5.72. The van der Waals surface area contributed by atoms with Gasteiger partial charge in [0.05, 0.1) is 12.6 Å². The van der Waals surface area contributed by atoms with Gasteiger partial charge in [0, 0.05) is 19.5 Å². The number of ether oxygens (including phenoxy) is 1. The normalized spacial score (nSPS) is 17.5. The van der Waals surface area contributed by atoms with Crippen molar-refractivity contribution >= 4 is 5.91 Å². The number of hydrogen-bond donors (Lipinski definition) is 2. The van der Waals surface area contributed by atoms with Crippen LogP contribution < -0.4 is 15.4 Å². The van der Waals surface area contributed by atoms with Crippen molar-refractivity contribution in [2.24, 2.45) is 0 Å². The highest BCUT2D eigenvalue weighted by atomic mass is 16.5. The van der Waals surface area contributed by atoms with Gasteiger partial charge >= 0.3 is 0 Å². The van der Waals surface area contributed by atoms with Gasteiger partial charge in [-0.25, -0.2) is 0 Å². The average molecular weight is 324 g/mol. The first-order valence-electron chi connectivity index (χ1n) is 8.48. The molecule has 0 spiro atoms. The largest absolute Gasteiger partial charge is 0.493 e. The number of fused-ring (bicyclic) bond motifs is 1. The molecule has 4 nitrogen and oxygen atoms in total. The molecular weight excluding hydrogens is 300 g/mol. The van der Waals surface area contributed by atoms with Crippen LogP contribution in [0.2, 0.25) is 0 Å². The number of hydrogen-bond acceptors (Lipinski definition) is 3. The predicted molar refractivity (Wildman–Crippen MR) is 95.3 cm³/mol. The summed E-state index contributed by atoms with van der Waals surface area (Å²) in [6.45, 7) is 1.50. The minimum atomic E-state index is -0.229. The second-order valence-corrected chi connectivity index (χ2v) is 6.14. The van der Waals surface area contributed by atoms with Gasteiger partial charge in [0.15, 0.2) is 0 Å². The lowest BCUT2D eigenvalue weighted by atomic mass is 9.92. The van der Waals surface area contributed by atoms with E-state index in [1.807, 2.05) is 36.4 Å². The molecule has 0 aromatic heterocycles. The fraction of sp³-hybridized carbons (Fsp3) is 0.350. The highest BCUT2D eigenvalue weighted by molar-refractivity contribution is 5.81. The molecule has 1 heterocycles. The predicted octanol–water partition coefficient (Wildman–Crippen LogP) is 2.50. The first kappa shape index (κ1) is 16.5. The van der Waals surface area contributed by atoms with E-state index in [1.54, 1.807) is 7.05 Å². The van der Waals surface area contributed by atoms with Crippen LogP contribution in [0.3, 0.4) is 0 Å². The van der Waals surface area contributed by atoms with E-state index in [4.69, 9.17) is 4.74 Å². The number of benzene rings is 2. The SMILES string of the molecule is CNC(=O)[C@H](Cc1ccccc1)NC[C@@H]1CCOc2ccccc21. The number of rotatable bonds is 6. The first-order chi connectivity index (χ1) is 11.8. The maximum absolute atomic E-state index is 12.2. The Balaban J connectivity index is 1.67. The molecule has 1 aliphatic heterocycles. The summed E-state index contributed by atoms with van der Waals surface area (Å²) in [4.78, 5) is 12.2. The lowest BCUT2D eigenvalue weighted by Gasteiger charge is -2.28. The van der Waals surface area contributed by atoms with E-state index in [2.05, 4.69) is 28.8 Å². The molecule has 0 bridgehead atoms. The Morgan fingerprint density at radius 2 is 1.92 bits per heavy atom. The Bertz CT molecular complexity index is 672. The number of para-hydroxylation sites is 1. The summed E-state index contributed by atoms with van der Waals surface area (Å²) in [6.07, 6.45) is 1.65. The number of carbonyl (C=O) groups excluding carboxylic acids is 1. The smallest absolute Gasteiger partial charge is 0.237 e. The number of nitrogens with one attached hydrogen (secondary N) is 2. The Labute approximate surface area is 143 Å². The van der Waals surface area contributed by atoms with Gasteiger partial charge in [-0.3, -0.25) is 4.79 Å². The zero-order valence-electron chi connectivity index (χ0n) is 14.0. The van der Waals surface area contributed by atoms with Crippen LogP contribution in [-0.2, 0) is 11.2 Å². The zero-order chi connectivity index (χ0) is 16.8. The Morgan fingerprint density at radius 3 is 2.71 bits per heavy atom. The summed E-state index contributed by atoms with van der Waals surface area (Å²) in [6, 6.07) is 18.1. The third-order valence-corrected chi connectivity index (χ3v) is 4.54. The van der Waals surface area contributed by atoms with E-state index in [9.17, 15) is 4.79 Å². The second-order valence-electron chi connectivity index (χ2n) is 6.14. The lowest BCUT2D eigenvalue weighted by Crippen LogP contribution is -2.46. The molecule has 2 aromatic rings. The van der Waals surface area contributed by atoms with Crippen molar-refractivity contribution in [3.8, 4) is 5.75 Å². The summed E-state index contributed by atoms with van der Waals surface area (Å²) in [5.41, 5.74) is 2.39. The average Bonchev–Trinajstić information content (AvgIpc) is 2.65. The summed E-state index contributed by atoms with van der Waals surface area (Å²) in [5, 5.41) is 6.23. The molecule has 0 aliphatic carbocycles. The number of likely N-dealkylation sites (N-methyl/N-ethyl adjacent to an activating group) is 1. The maximum Gasteiger partial charge on any atom is 0.237 e. The number of amides is 1. The number of carbonyl (C=O) groups is 1. The van der Waals surface area contributed by atoms with Crippen LogP contribution in [0.4, 0.5) is 0 Å². The summed E-state index contributed by atoms with van der Waals surface area (Å²) in [5.74, 6) is 1.37. The van der Waals surface area contributed by atoms with E-state index in [-0.39, 0.29) is 11.9 Å². The van der Waals surface area contributed by atoms with Gasteiger partial charge in [-0.1, -0.05) is 48.5 Å². The third-order valence-electron chi connectivity index (χ3n) is 4.54. The summed E-state index contributed by atoms with van der Waals surface area (Å²) in [7, 11) is 1.69. The molecule has 0 radical (unpaired) electrons. The maximum atomic E-state index is 12.2. The monoisotopic (exact) mass is 324 g/mol. The van der Waals surface area contributed by atoms with Crippen molar-refractivity contribution in [1.29, 1.82) is 0 Å². The molecule has 24 heavy (non-hydrogen) atoms. The molecular formula is C20H24N2O2. The third kappa shape index (κ3) is 3.95. The van der Waals surface area contributed by atoms with Crippen molar-refractivity contribution in [3.63, 3.8) is 0 Å². The van der Waals surface area contributed by atoms with E-state index in [0.29, 0.717) is 12.3 Å². The van der Waals surface area contributed by atoms with Crippen LogP contribution in [-0.4, -0.2) is 32.1 Å². The molecule has 1 amide bonds. The first-order valence-corrected chi connectivity index (χ1v) is 8.48. The molecule has 2 atom stereocenters. The van der Waals surface area contributed by atoms with Crippen molar-refractivity contribution in [3.05, 3.63) is 65.7 Å². The van der Waals surface area contributed by atoms with Crippen molar-refractivity contribution in [2.45, 2.75) is 24.8 Å². The lowest BCUT2D eigenvalue weighted by molar-refractivity contribution is -0.122. The summed E-state index contributed by atoms with van der Waals surface area (Å²) >= 11 is 0. The Hall–Kier alpha value is -2.33. The second kappa shape index (κ2) is 7.97. The molecule has 0 fully saturated rings. The van der Waals surface area contributed by atoms with Crippen molar-refractivity contribution in [1.82, 2.24) is 10.6 Å². The van der Waals surface area contributed by atoms with Crippen LogP contribution in [0.15, 0.2) is 54.6 Å². The van der Waals surface area contributed by atoms with Gasteiger partial charge in [-0.2, -0.15) is 0 Å². The van der Waals surface area contributed by atoms with Gasteiger partial charge in [-0.05, 0) is 30.0 Å². The van der Waals surface area contributed by atoms with Gasteiger partial charge in [0.1, 0.15) is 5.75 Å². The topological polar surface area (TPSA) is 50.4 Å². The molecule has 3 rings (SSSR count). The Kier molecular flexibility index (Phi) is 5.49. The fourth-order valence-corrected chi connectivity index (χ4v) is 3.19. The minimum absolute atomic E-state index is 0.0270. The van der Waals surface area contributed by atoms with E-state index < -0.39 is 0 Å². The molecule has 0 unspecified atom stereocenters. The molecule has 2 N–H and O–H groups in total. The Morgan fingerprint density at radius 1 is 1.17 bits per heavy atom. The van der Waals surface area contributed by atoms with E-state index >= 15 is 0 Å². The molecule has 0 saturated carbocycles. The molecule has 1 aliphatic rings. The highest BCUT2D eigenvalue weighted by Crippen LogP contribution is 2.32. The van der Waals surface area contributed by atoms with Gasteiger partial charge in [-0.15, -0.1) is 0 Å². The fourth-order valence-electron chi connectivity index (χ4n) is 3.19. The van der Waals surface area contributed by atoms with Crippen molar-refractivity contribution in [2.75, 3.05) is 20.2 Å². The van der Waals surface area contributed by atoms with Crippen LogP contribution >= 0.6 is 0 Å². The highest BCUT2D eigenvalue weighted by Gasteiger charge is 2.24. The van der Waals surface area contributed by atoms with Gasteiger partial charge in [0.25, 0.3) is 0 Å². The minimum Gasteiger partial charge on any atom is -0.493 e. The van der Waals surface area contributed by atoms with E-state index in [0.717, 1.165) is 30.9 Å². The van der Waals surface area contributed by atoms with Gasteiger partial charge < -0.3 is 15.4 Å². The molecule has 0 saturated heterocycles.